The molecule has 0 spiro atoms. The Morgan fingerprint density at radius 1 is 1.53 bits per heavy atom. The van der Waals surface area contributed by atoms with E-state index >= 15 is 0 Å². The van der Waals surface area contributed by atoms with Crippen molar-refractivity contribution < 1.29 is 18.7 Å². The van der Waals surface area contributed by atoms with Gasteiger partial charge in [-0.1, -0.05) is 0 Å². The molecule has 0 saturated heterocycles. The number of anilines is 1. The molecule has 1 aromatic heterocycles. The number of ether oxygens (including phenoxy) is 1. The summed E-state index contributed by atoms with van der Waals surface area (Å²) >= 11 is 0. The number of hydrogen-bond acceptors (Lipinski definition) is 4. The minimum absolute atomic E-state index is 0.101. The zero-order valence-corrected chi connectivity index (χ0v) is 8.44. The number of primary amides is 1. The summed E-state index contributed by atoms with van der Waals surface area (Å²) in [6.07, 6.45) is 0.355. The molecular weight excluding hydrogens is 200 g/mol. The molecule has 0 aromatic carbocycles. The lowest BCUT2D eigenvalue weighted by molar-refractivity contribution is 0.0975. The van der Waals surface area contributed by atoms with Gasteiger partial charge in [-0.2, -0.15) is 0 Å². The van der Waals surface area contributed by atoms with E-state index in [2.05, 4.69) is 5.32 Å². The van der Waals surface area contributed by atoms with Crippen LogP contribution in [0.1, 0.15) is 24.4 Å². The second-order valence-corrected chi connectivity index (χ2v) is 3.11. The summed E-state index contributed by atoms with van der Waals surface area (Å²) in [7, 11) is 0. The van der Waals surface area contributed by atoms with Crippen molar-refractivity contribution in [2.75, 3.05) is 5.32 Å². The van der Waals surface area contributed by atoms with Gasteiger partial charge in [-0.05, 0) is 13.8 Å². The van der Waals surface area contributed by atoms with E-state index in [0.29, 0.717) is 0 Å². The van der Waals surface area contributed by atoms with Gasteiger partial charge in [0.05, 0.1) is 18.1 Å². The maximum atomic E-state index is 11.2. The number of rotatable bonds is 3. The Hall–Kier alpha value is -1.98. The van der Waals surface area contributed by atoms with Crippen LogP contribution in [0.3, 0.4) is 0 Å². The molecule has 0 saturated carbocycles. The Kier molecular flexibility index (Phi) is 3.33. The van der Waals surface area contributed by atoms with E-state index in [-0.39, 0.29) is 17.6 Å². The van der Waals surface area contributed by atoms with Crippen LogP contribution < -0.4 is 11.1 Å². The third-order valence-electron chi connectivity index (χ3n) is 1.47. The van der Waals surface area contributed by atoms with Crippen LogP contribution in [0.15, 0.2) is 16.7 Å². The molecule has 6 heteroatoms. The third kappa shape index (κ3) is 3.01. The molecule has 2 amide bonds. The Bertz CT molecular complexity index is 370. The predicted molar refractivity (Wildman–Crippen MR) is 52.5 cm³/mol. The van der Waals surface area contributed by atoms with Gasteiger partial charge in [0.15, 0.2) is 0 Å². The van der Waals surface area contributed by atoms with Crippen LogP contribution in [0.25, 0.3) is 0 Å². The lowest BCUT2D eigenvalue weighted by Gasteiger charge is -2.08. The fourth-order valence-corrected chi connectivity index (χ4v) is 0.952. The predicted octanol–water partition coefficient (Wildman–Crippen LogP) is 1.34. The molecule has 3 N–H and O–H groups in total. The average Bonchev–Trinajstić information content (AvgIpc) is 2.50. The monoisotopic (exact) mass is 212 g/mol. The van der Waals surface area contributed by atoms with E-state index < -0.39 is 12.0 Å². The molecule has 0 aliphatic carbocycles. The Labute approximate surface area is 86.4 Å². The Morgan fingerprint density at radius 2 is 2.20 bits per heavy atom. The smallest absolute Gasteiger partial charge is 0.411 e. The number of amides is 2. The molecule has 0 unspecified atom stereocenters. The Balaban J connectivity index is 2.68. The second kappa shape index (κ2) is 4.50. The summed E-state index contributed by atoms with van der Waals surface area (Å²) in [5.41, 5.74) is 5.21. The zero-order chi connectivity index (χ0) is 11.4. The molecule has 0 radical (unpaired) electrons. The molecule has 0 atom stereocenters. The zero-order valence-electron chi connectivity index (χ0n) is 8.44. The van der Waals surface area contributed by atoms with Crippen molar-refractivity contribution in [3.05, 3.63) is 18.1 Å². The van der Waals surface area contributed by atoms with Crippen molar-refractivity contribution in [3.8, 4) is 0 Å². The van der Waals surface area contributed by atoms with Crippen LogP contribution >= 0.6 is 0 Å². The summed E-state index contributed by atoms with van der Waals surface area (Å²) in [6.45, 7) is 3.42. The minimum Gasteiger partial charge on any atom is -0.457 e. The van der Waals surface area contributed by atoms with E-state index in [4.69, 9.17) is 14.9 Å². The van der Waals surface area contributed by atoms with Crippen molar-refractivity contribution in [1.82, 2.24) is 0 Å². The fourth-order valence-electron chi connectivity index (χ4n) is 0.952. The van der Waals surface area contributed by atoms with Crippen molar-refractivity contribution in [1.29, 1.82) is 0 Å². The van der Waals surface area contributed by atoms with Gasteiger partial charge in [-0.15, -0.1) is 0 Å². The molecule has 15 heavy (non-hydrogen) atoms. The summed E-state index contributed by atoms with van der Waals surface area (Å²) in [6, 6.07) is 1.42. The van der Waals surface area contributed by atoms with Crippen LogP contribution in [0.2, 0.25) is 0 Å². The van der Waals surface area contributed by atoms with Gasteiger partial charge in [0, 0.05) is 6.07 Å². The minimum atomic E-state index is -0.750. The number of hydrogen-bond donors (Lipinski definition) is 2. The summed E-state index contributed by atoms with van der Waals surface area (Å²) in [5, 5.41) is 2.35. The first-order chi connectivity index (χ1) is 7.00. The van der Waals surface area contributed by atoms with Crippen LogP contribution in [-0.4, -0.2) is 18.1 Å². The lowest BCUT2D eigenvalue weighted by atomic mass is 10.3. The molecule has 0 bridgehead atoms. The van der Waals surface area contributed by atoms with Gasteiger partial charge < -0.3 is 14.9 Å². The molecule has 0 fully saturated rings. The van der Waals surface area contributed by atoms with Gasteiger partial charge in [0.25, 0.3) is 5.91 Å². The van der Waals surface area contributed by atoms with Crippen molar-refractivity contribution >= 4 is 17.7 Å². The van der Waals surface area contributed by atoms with Crippen LogP contribution in [0, 0.1) is 0 Å². The summed E-state index contributed by atoms with van der Waals surface area (Å²) in [5.74, 6) is -0.851. The molecule has 1 aromatic rings. The fraction of sp³-hybridized carbons (Fsp3) is 0.333. The summed E-state index contributed by atoms with van der Waals surface area (Å²) < 4.78 is 9.60. The van der Waals surface area contributed by atoms with Crippen LogP contribution in [0.5, 0.6) is 0 Å². The van der Waals surface area contributed by atoms with E-state index in [9.17, 15) is 9.59 Å². The quantitative estimate of drug-likeness (QED) is 0.790. The molecule has 0 aliphatic heterocycles. The highest BCUT2D eigenvalue weighted by Crippen LogP contribution is 2.16. The number of carbonyl (C=O) groups is 2. The van der Waals surface area contributed by atoms with Crippen molar-refractivity contribution in [2.45, 2.75) is 20.0 Å². The third-order valence-corrected chi connectivity index (χ3v) is 1.47. The van der Waals surface area contributed by atoms with E-state index in [1.165, 1.54) is 12.3 Å². The van der Waals surface area contributed by atoms with Gasteiger partial charge in [0.2, 0.25) is 5.76 Å². The molecular formula is C9H12N2O4. The average molecular weight is 212 g/mol. The first kappa shape index (κ1) is 11.1. The highest BCUT2D eigenvalue weighted by molar-refractivity contribution is 5.99. The number of furan rings is 1. The van der Waals surface area contributed by atoms with Gasteiger partial charge in [-0.25, -0.2) is 4.79 Å². The Morgan fingerprint density at radius 3 is 2.73 bits per heavy atom. The summed E-state index contributed by atoms with van der Waals surface area (Å²) in [4.78, 5) is 22.0. The molecule has 82 valence electrons. The van der Waals surface area contributed by atoms with Gasteiger partial charge >= 0.3 is 6.09 Å². The van der Waals surface area contributed by atoms with Crippen LogP contribution in [0.4, 0.5) is 10.5 Å². The normalized spacial score (nSPS) is 10.1. The highest BCUT2D eigenvalue weighted by Gasteiger charge is 2.15. The lowest BCUT2D eigenvalue weighted by Crippen LogP contribution is -2.20. The van der Waals surface area contributed by atoms with E-state index in [1.54, 1.807) is 13.8 Å². The standard InChI is InChI=1S/C9H12N2O4/c1-5(2)15-9(13)11-6-3-4-14-7(6)8(10)12/h3-5H,1-2H3,(H2,10,12)(H,11,13). The number of nitrogens with two attached hydrogens (primary N) is 1. The van der Waals surface area contributed by atoms with Crippen molar-refractivity contribution in [3.63, 3.8) is 0 Å². The molecule has 6 nitrogen and oxygen atoms in total. The highest BCUT2D eigenvalue weighted by atomic mass is 16.6. The van der Waals surface area contributed by atoms with E-state index in [0.717, 1.165) is 0 Å². The first-order valence-corrected chi connectivity index (χ1v) is 4.35. The maximum Gasteiger partial charge on any atom is 0.411 e. The van der Waals surface area contributed by atoms with Crippen LogP contribution in [-0.2, 0) is 4.74 Å². The van der Waals surface area contributed by atoms with Crippen molar-refractivity contribution in [2.24, 2.45) is 5.73 Å². The number of nitrogens with one attached hydrogen (secondary N) is 1. The van der Waals surface area contributed by atoms with Gasteiger partial charge in [0.1, 0.15) is 0 Å². The SMILES string of the molecule is CC(C)OC(=O)Nc1ccoc1C(N)=O. The second-order valence-electron chi connectivity index (χ2n) is 3.11. The van der Waals surface area contributed by atoms with Gasteiger partial charge in [-0.3, -0.25) is 10.1 Å². The molecule has 1 rings (SSSR count). The number of carbonyl (C=O) groups excluding carboxylic acids is 2. The topological polar surface area (TPSA) is 94.6 Å². The molecule has 0 aliphatic rings. The van der Waals surface area contributed by atoms with E-state index in [1.807, 2.05) is 0 Å². The first-order valence-electron chi connectivity index (χ1n) is 4.35. The largest absolute Gasteiger partial charge is 0.457 e. The maximum absolute atomic E-state index is 11.2. The molecule has 1 heterocycles.